The molecule has 8 heteroatoms. The first-order valence-electron chi connectivity index (χ1n) is 10.0. The number of aromatic amines is 1. The summed E-state index contributed by atoms with van der Waals surface area (Å²) in [6, 6.07) is 15.6. The van der Waals surface area contributed by atoms with Crippen LogP contribution in [0, 0.1) is 5.82 Å². The van der Waals surface area contributed by atoms with E-state index in [0.717, 1.165) is 5.56 Å². The van der Waals surface area contributed by atoms with Crippen molar-refractivity contribution in [1.82, 2.24) is 25.3 Å². The van der Waals surface area contributed by atoms with Gasteiger partial charge in [-0.15, -0.1) is 0 Å². The third-order valence-electron chi connectivity index (χ3n) is 4.84. The molecular weight excluding hydrogens is 409 g/mol. The van der Waals surface area contributed by atoms with Gasteiger partial charge in [-0.05, 0) is 42.0 Å². The van der Waals surface area contributed by atoms with E-state index in [1.165, 1.54) is 18.2 Å². The van der Waals surface area contributed by atoms with E-state index in [-0.39, 0.29) is 30.1 Å². The molecule has 4 aromatic rings. The van der Waals surface area contributed by atoms with Gasteiger partial charge in [0.15, 0.2) is 0 Å². The fourth-order valence-electron chi connectivity index (χ4n) is 3.33. The molecule has 0 saturated carbocycles. The number of carbonyl (C=O) groups is 1. The van der Waals surface area contributed by atoms with Crippen molar-refractivity contribution in [3.05, 3.63) is 112 Å². The van der Waals surface area contributed by atoms with Crippen LogP contribution in [0.25, 0.3) is 11.4 Å². The molecule has 1 aromatic carbocycles. The quantitative estimate of drug-likeness (QED) is 0.470. The van der Waals surface area contributed by atoms with Gasteiger partial charge in [0.1, 0.15) is 11.6 Å². The Hall–Kier alpha value is -4.20. The minimum atomic E-state index is -0.508. The van der Waals surface area contributed by atoms with Crippen molar-refractivity contribution in [1.29, 1.82) is 0 Å². The predicted octanol–water partition coefficient (Wildman–Crippen LogP) is 3.01. The van der Waals surface area contributed by atoms with Crippen molar-refractivity contribution in [3.8, 4) is 11.4 Å². The number of aromatic nitrogens is 4. The lowest BCUT2D eigenvalue weighted by molar-refractivity contribution is -0.121. The summed E-state index contributed by atoms with van der Waals surface area (Å²) in [6.45, 7) is 0. The Balaban J connectivity index is 1.60. The highest BCUT2D eigenvalue weighted by molar-refractivity contribution is 5.78. The maximum absolute atomic E-state index is 13.5. The van der Waals surface area contributed by atoms with Gasteiger partial charge < -0.3 is 10.3 Å². The number of carbonyl (C=O) groups excluding carboxylic acids is 1. The molecule has 2 N–H and O–H groups in total. The van der Waals surface area contributed by atoms with Gasteiger partial charge in [-0.25, -0.2) is 9.37 Å². The van der Waals surface area contributed by atoms with Crippen LogP contribution in [0.5, 0.6) is 0 Å². The highest BCUT2D eigenvalue weighted by atomic mass is 19.1. The van der Waals surface area contributed by atoms with E-state index in [4.69, 9.17) is 0 Å². The monoisotopic (exact) mass is 429 g/mol. The van der Waals surface area contributed by atoms with E-state index in [9.17, 15) is 14.0 Å². The van der Waals surface area contributed by atoms with Crippen LogP contribution < -0.4 is 10.9 Å². The molecular formula is C24H20FN5O2. The van der Waals surface area contributed by atoms with Gasteiger partial charge >= 0.3 is 0 Å². The van der Waals surface area contributed by atoms with E-state index < -0.39 is 6.04 Å². The second kappa shape index (κ2) is 9.74. The molecule has 1 amide bonds. The Labute approximate surface area is 183 Å². The Morgan fingerprint density at radius 3 is 2.50 bits per heavy atom. The van der Waals surface area contributed by atoms with Gasteiger partial charge in [0.25, 0.3) is 5.56 Å². The van der Waals surface area contributed by atoms with Crippen molar-refractivity contribution in [3.63, 3.8) is 0 Å². The normalized spacial score (nSPS) is 11.7. The van der Waals surface area contributed by atoms with Crippen molar-refractivity contribution in [2.24, 2.45) is 0 Å². The Bertz CT molecular complexity index is 1240. The molecule has 0 saturated heterocycles. The molecule has 0 radical (unpaired) electrons. The van der Waals surface area contributed by atoms with Crippen LogP contribution in [0.2, 0.25) is 0 Å². The van der Waals surface area contributed by atoms with Crippen LogP contribution in [0.1, 0.15) is 23.0 Å². The van der Waals surface area contributed by atoms with Crippen molar-refractivity contribution >= 4 is 5.91 Å². The topological polar surface area (TPSA) is 101 Å². The minimum absolute atomic E-state index is 0.101. The summed E-state index contributed by atoms with van der Waals surface area (Å²) in [5.74, 6) is -0.202. The number of benzene rings is 1. The molecule has 0 unspecified atom stereocenters. The average Bonchev–Trinajstić information content (AvgIpc) is 2.80. The highest BCUT2D eigenvalue weighted by Gasteiger charge is 2.18. The Morgan fingerprint density at radius 2 is 1.78 bits per heavy atom. The lowest BCUT2D eigenvalue weighted by Gasteiger charge is -2.19. The zero-order valence-electron chi connectivity index (χ0n) is 17.0. The number of hydrogen-bond acceptors (Lipinski definition) is 5. The molecule has 0 bridgehead atoms. The van der Waals surface area contributed by atoms with Gasteiger partial charge in [-0.2, -0.15) is 0 Å². The van der Waals surface area contributed by atoms with Gasteiger partial charge in [0.2, 0.25) is 5.91 Å². The van der Waals surface area contributed by atoms with Crippen molar-refractivity contribution in [2.75, 3.05) is 0 Å². The Morgan fingerprint density at radius 1 is 1.00 bits per heavy atom. The first-order valence-corrected chi connectivity index (χ1v) is 10.0. The molecule has 0 fully saturated rings. The molecule has 0 aliphatic carbocycles. The van der Waals surface area contributed by atoms with Crippen molar-refractivity contribution in [2.45, 2.75) is 18.9 Å². The largest absolute Gasteiger partial charge is 0.349 e. The molecule has 7 nitrogen and oxygen atoms in total. The lowest BCUT2D eigenvalue weighted by Crippen LogP contribution is -2.32. The zero-order valence-corrected chi connectivity index (χ0v) is 17.0. The summed E-state index contributed by atoms with van der Waals surface area (Å²) >= 11 is 0. The lowest BCUT2D eigenvalue weighted by atomic mass is 10.0. The zero-order chi connectivity index (χ0) is 22.3. The molecule has 1 atom stereocenters. The molecule has 0 aliphatic rings. The fourth-order valence-corrected chi connectivity index (χ4v) is 3.33. The van der Waals surface area contributed by atoms with E-state index in [0.29, 0.717) is 22.8 Å². The van der Waals surface area contributed by atoms with Crippen LogP contribution in [0.4, 0.5) is 4.39 Å². The standard InChI is InChI=1S/C24H20FN5O2/c25-18-6-4-16(5-7-18)21(29-22(31)14-19-3-1-2-10-27-19)13-20-15-23(32)30-24(28-20)17-8-11-26-12-9-17/h1-12,15,21H,13-14H2,(H,29,31)(H,28,30,32)/t21-/m0/s1. The SMILES string of the molecule is O=C(Cc1ccccn1)N[C@@H](Cc1cc(=O)[nH]c(-c2ccncc2)n1)c1ccc(F)cc1. The van der Waals surface area contributed by atoms with Crippen LogP contribution in [-0.2, 0) is 17.6 Å². The summed E-state index contributed by atoms with van der Waals surface area (Å²) in [4.78, 5) is 40.4. The number of H-pyrrole nitrogens is 1. The number of hydrogen-bond donors (Lipinski definition) is 2. The maximum Gasteiger partial charge on any atom is 0.251 e. The van der Waals surface area contributed by atoms with Crippen LogP contribution in [0.3, 0.4) is 0 Å². The summed E-state index contributed by atoms with van der Waals surface area (Å²) in [5, 5.41) is 2.96. The minimum Gasteiger partial charge on any atom is -0.349 e. The van der Waals surface area contributed by atoms with Crippen LogP contribution >= 0.6 is 0 Å². The van der Waals surface area contributed by atoms with E-state index >= 15 is 0 Å². The van der Waals surface area contributed by atoms with Crippen LogP contribution in [-0.4, -0.2) is 25.8 Å². The third-order valence-corrected chi connectivity index (χ3v) is 4.84. The van der Waals surface area contributed by atoms with Crippen LogP contribution in [0.15, 0.2) is 84.0 Å². The Kier molecular flexibility index (Phi) is 6.41. The second-order valence-corrected chi connectivity index (χ2v) is 7.19. The molecule has 4 rings (SSSR count). The van der Waals surface area contributed by atoms with Crippen molar-refractivity contribution < 1.29 is 9.18 Å². The summed E-state index contributed by atoms with van der Waals surface area (Å²) in [6.07, 6.45) is 5.20. The molecule has 0 spiro atoms. The maximum atomic E-state index is 13.5. The number of rotatable bonds is 7. The highest BCUT2D eigenvalue weighted by Crippen LogP contribution is 2.20. The van der Waals surface area contributed by atoms with Gasteiger partial charge in [0.05, 0.1) is 18.2 Å². The number of nitrogens with zero attached hydrogens (tertiary/aromatic N) is 3. The van der Waals surface area contributed by atoms with Gasteiger partial charge in [0, 0.05) is 42.3 Å². The van der Waals surface area contributed by atoms with E-state index in [2.05, 4.69) is 25.3 Å². The molecule has 0 aliphatic heterocycles. The molecule has 3 heterocycles. The second-order valence-electron chi connectivity index (χ2n) is 7.19. The number of halogens is 1. The van der Waals surface area contributed by atoms with Gasteiger partial charge in [-0.1, -0.05) is 18.2 Å². The number of amides is 1. The van der Waals surface area contributed by atoms with E-state index in [1.807, 2.05) is 6.07 Å². The molecule has 3 aromatic heterocycles. The first kappa shape index (κ1) is 21.0. The molecule has 32 heavy (non-hydrogen) atoms. The number of pyridine rings is 2. The van der Waals surface area contributed by atoms with E-state index in [1.54, 1.807) is 55.0 Å². The summed E-state index contributed by atoms with van der Waals surface area (Å²) < 4.78 is 13.5. The van der Waals surface area contributed by atoms with Gasteiger partial charge in [-0.3, -0.25) is 19.6 Å². The third kappa shape index (κ3) is 5.48. The molecule has 160 valence electrons. The summed E-state index contributed by atoms with van der Waals surface area (Å²) in [5.41, 5.74) is 2.24. The fraction of sp³-hybridized carbons (Fsp3) is 0.125. The number of nitrogens with one attached hydrogen (secondary N) is 2. The first-order chi connectivity index (χ1) is 15.6. The summed E-state index contributed by atoms with van der Waals surface area (Å²) in [7, 11) is 0. The smallest absolute Gasteiger partial charge is 0.251 e. The predicted molar refractivity (Wildman–Crippen MR) is 117 cm³/mol. The average molecular weight is 429 g/mol.